The average molecular weight is 362 g/mol. The molecule has 136 valence electrons. The van der Waals surface area contributed by atoms with Crippen molar-refractivity contribution in [3.63, 3.8) is 0 Å². The SMILES string of the molecule is Cc1cccc(/C=N/NC(=O)C2COc3cc4ccccc4cc3O2)c1O. The van der Waals surface area contributed by atoms with Crippen molar-refractivity contribution in [2.45, 2.75) is 13.0 Å². The van der Waals surface area contributed by atoms with Crippen molar-refractivity contribution in [1.29, 1.82) is 0 Å². The fraction of sp³-hybridized carbons (Fsp3) is 0.143. The summed E-state index contributed by atoms with van der Waals surface area (Å²) < 4.78 is 11.5. The fourth-order valence-electron chi connectivity index (χ4n) is 2.91. The van der Waals surface area contributed by atoms with Gasteiger partial charge in [-0.05, 0) is 41.5 Å². The number of hydrazone groups is 1. The number of phenols is 1. The number of carbonyl (C=O) groups is 1. The molecule has 6 heteroatoms. The van der Waals surface area contributed by atoms with E-state index in [-0.39, 0.29) is 12.4 Å². The summed E-state index contributed by atoms with van der Waals surface area (Å²) in [7, 11) is 0. The van der Waals surface area contributed by atoms with Crippen molar-refractivity contribution < 1.29 is 19.4 Å². The van der Waals surface area contributed by atoms with E-state index in [9.17, 15) is 9.90 Å². The Morgan fingerprint density at radius 3 is 2.67 bits per heavy atom. The minimum atomic E-state index is -0.804. The first-order valence-electron chi connectivity index (χ1n) is 8.55. The molecule has 3 aromatic rings. The lowest BCUT2D eigenvalue weighted by atomic mass is 10.1. The van der Waals surface area contributed by atoms with Gasteiger partial charge in [0.1, 0.15) is 12.4 Å². The van der Waals surface area contributed by atoms with Crippen molar-refractivity contribution in [2.75, 3.05) is 6.61 Å². The monoisotopic (exact) mass is 362 g/mol. The smallest absolute Gasteiger partial charge is 0.284 e. The van der Waals surface area contributed by atoms with E-state index in [4.69, 9.17) is 9.47 Å². The highest BCUT2D eigenvalue weighted by molar-refractivity contribution is 5.88. The number of para-hydroxylation sites is 1. The van der Waals surface area contributed by atoms with Crippen LogP contribution in [0.2, 0.25) is 0 Å². The topological polar surface area (TPSA) is 80.2 Å². The van der Waals surface area contributed by atoms with Crippen molar-refractivity contribution in [2.24, 2.45) is 5.10 Å². The van der Waals surface area contributed by atoms with Crippen molar-refractivity contribution >= 4 is 22.9 Å². The summed E-state index contributed by atoms with van der Waals surface area (Å²) in [4.78, 5) is 12.3. The Hall–Kier alpha value is -3.54. The molecule has 0 aliphatic carbocycles. The Morgan fingerprint density at radius 2 is 1.89 bits per heavy atom. The van der Waals surface area contributed by atoms with Gasteiger partial charge in [-0.1, -0.05) is 36.4 Å². The van der Waals surface area contributed by atoms with E-state index >= 15 is 0 Å². The number of nitrogens with zero attached hydrogens (tertiary/aromatic N) is 1. The second-order valence-electron chi connectivity index (χ2n) is 6.31. The first kappa shape index (κ1) is 16.9. The van der Waals surface area contributed by atoms with Crippen LogP contribution in [0.15, 0.2) is 59.7 Å². The standard InChI is InChI=1S/C21H18N2O4/c1-13-5-4-8-16(20(13)24)11-22-23-21(25)19-12-26-17-9-14-6-2-3-7-15(14)10-18(17)27-19/h2-11,19,24H,12H2,1H3,(H,23,25)/b22-11+. The lowest BCUT2D eigenvalue weighted by Gasteiger charge is -2.25. The molecular weight excluding hydrogens is 344 g/mol. The van der Waals surface area contributed by atoms with Gasteiger partial charge in [-0.25, -0.2) is 5.43 Å². The summed E-state index contributed by atoms with van der Waals surface area (Å²) in [5.41, 5.74) is 3.69. The second-order valence-corrected chi connectivity index (χ2v) is 6.31. The highest BCUT2D eigenvalue weighted by Crippen LogP contribution is 2.35. The third-order valence-electron chi connectivity index (χ3n) is 4.41. The number of ether oxygens (including phenoxy) is 2. The number of fused-ring (bicyclic) bond motifs is 2. The Labute approximate surface area is 156 Å². The maximum absolute atomic E-state index is 12.3. The number of amides is 1. The number of nitrogens with one attached hydrogen (secondary N) is 1. The number of benzene rings is 3. The molecule has 1 aliphatic rings. The van der Waals surface area contributed by atoms with Crippen LogP contribution in [0.25, 0.3) is 10.8 Å². The number of phenolic OH excluding ortho intramolecular Hbond substituents is 1. The van der Waals surface area contributed by atoms with Gasteiger partial charge in [0, 0.05) is 5.56 Å². The first-order valence-corrected chi connectivity index (χ1v) is 8.55. The van der Waals surface area contributed by atoms with E-state index in [1.807, 2.05) is 36.4 Å². The van der Waals surface area contributed by atoms with E-state index in [0.717, 1.165) is 16.3 Å². The van der Waals surface area contributed by atoms with Crippen molar-refractivity contribution in [3.05, 3.63) is 65.7 Å². The van der Waals surface area contributed by atoms with Gasteiger partial charge in [0.15, 0.2) is 11.5 Å². The van der Waals surface area contributed by atoms with E-state index in [0.29, 0.717) is 17.1 Å². The Bertz CT molecular complexity index is 1050. The molecule has 27 heavy (non-hydrogen) atoms. The predicted octanol–water partition coefficient (Wildman–Crippen LogP) is 3.14. The molecule has 1 heterocycles. The molecule has 0 saturated heterocycles. The molecule has 1 aliphatic heterocycles. The van der Waals surface area contributed by atoms with Crippen LogP contribution in [-0.2, 0) is 4.79 Å². The summed E-state index contributed by atoms with van der Waals surface area (Å²) >= 11 is 0. The molecule has 0 bridgehead atoms. The third-order valence-corrected chi connectivity index (χ3v) is 4.41. The molecule has 0 fully saturated rings. The lowest BCUT2D eigenvalue weighted by molar-refractivity contribution is -0.130. The van der Waals surface area contributed by atoms with Crippen molar-refractivity contribution in [3.8, 4) is 17.2 Å². The summed E-state index contributed by atoms with van der Waals surface area (Å²) in [6.07, 6.45) is 0.590. The highest BCUT2D eigenvalue weighted by Gasteiger charge is 2.27. The van der Waals surface area contributed by atoms with E-state index < -0.39 is 12.0 Å². The van der Waals surface area contributed by atoms with Gasteiger partial charge >= 0.3 is 0 Å². The van der Waals surface area contributed by atoms with Gasteiger partial charge in [0.05, 0.1) is 6.21 Å². The Kier molecular flexibility index (Phi) is 4.38. The zero-order chi connectivity index (χ0) is 18.8. The highest BCUT2D eigenvalue weighted by atomic mass is 16.6. The lowest BCUT2D eigenvalue weighted by Crippen LogP contribution is -2.42. The zero-order valence-electron chi connectivity index (χ0n) is 14.7. The number of carbonyl (C=O) groups excluding carboxylic acids is 1. The van der Waals surface area contributed by atoms with Gasteiger partial charge in [-0.2, -0.15) is 5.10 Å². The van der Waals surface area contributed by atoms with Crippen molar-refractivity contribution in [1.82, 2.24) is 5.43 Å². The summed E-state index contributed by atoms with van der Waals surface area (Å²) in [6, 6.07) is 16.9. The van der Waals surface area contributed by atoms with Gasteiger partial charge in [0.25, 0.3) is 5.91 Å². The molecule has 0 aromatic heterocycles. The molecule has 6 nitrogen and oxygen atoms in total. The Morgan fingerprint density at radius 1 is 1.15 bits per heavy atom. The van der Waals surface area contributed by atoms with Crippen LogP contribution in [0.5, 0.6) is 17.2 Å². The van der Waals surface area contributed by atoms with Crippen LogP contribution in [0, 0.1) is 6.92 Å². The summed E-state index contributed by atoms with van der Waals surface area (Å²) in [5, 5.41) is 15.9. The predicted molar refractivity (Wildman–Crippen MR) is 102 cm³/mol. The molecule has 3 aromatic carbocycles. The summed E-state index contributed by atoms with van der Waals surface area (Å²) in [6.45, 7) is 1.89. The molecule has 1 unspecified atom stereocenters. The van der Waals surface area contributed by atoms with Crippen LogP contribution in [-0.4, -0.2) is 29.9 Å². The second kappa shape index (κ2) is 6.99. The number of aromatic hydroxyl groups is 1. The normalized spacial score (nSPS) is 15.8. The third kappa shape index (κ3) is 3.42. The molecule has 1 atom stereocenters. The molecular formula is C21H18N2O4. The van der Waals surface area contributed by atoms with Gasteiger partial charge < -0.3 is 14.6 Å². The number of aryl methyl sites for hydroxylation is 1. The van der Waals surface area contributed by atoms with Gasteiger partial charge in [-0.15, -0.1) is 0 Å². The van der Waals surface area contributed by atoms with Crippen LogP contribution < -0.4 is 14.9 Å². The van der Waals surface area contributed by atoms with Crippen LogP contribution >= 0.6 is 0 Å². The fourth-order valence-corrected chi connectivity index (χ4v) is 2.91. The minimum absolute atomic E-state index is 0.0996. The Balaban J connectivity index is 1.45. The first-order chi connectivity index (χ1) is 13.1. The van der Waals surface area contributed by atoms with Gasteiger partial charge in [0.2, 0.25) is 6.10 Å². The molecule has 0 spiro atoms. The minimum Gasteiger partial charge on any atom is -0.507 e. The van der Waals surface area contributed by atoms with E-state index in [1.165, 1.54) is 6.21 Å². The van der Waals surface area contributed by atoms with Crippen LogP contribution in [0.3, 0.4) is 0 Å². The number of rotatable bonds is 3. The maximum atomic E-state index is 12.3. The summed E-state index contributed by atoms with van der Waals surface area (Å²) in [5.74, 6) is 0.858. The quantitative estimate of drug-likeness (QED) is 0.554. The van der Waals surface area contributed by atoms with Gasteiger partial charge in [-0.3, -0.25) is 4.79 Å². The zero-order valence-corrected chi connectivity index (χ0v) is 14.7. The molecule has 4 rings (SSSR count). The number of hydrogen-bond donors (Lipinski definition) is 2. The van der Waals surface area contributed by atoms with Crippen LogP contribution in [0.1, 0.15) is 11.1 Å². The van der Waals surface area contributed by atoms with E-state index in [1.54, 1.807) is 25.1 Å². The molecule has 1 amide bonds. The molecule has 2 N–H and O–H groups in total. The maximum Gasteiger partial charge on any atom is 0.284 e. The van der Waals surface area contributed by atoms with Crippen LogP contribution in [0.4, 0.5) is 0 Å². The molecule has 0 radical (unpaired) electrons. The number of hydrogen-bond acceptors (Lipinski definition) is 5. The van der Waals surface area contributed by atoms with E-state index in [2.05, 4.69) is 10.5 Å². The largest absolute Gasteiger partial charge is 0.507 e. The molecule has 0 saturated carbocycles. The average Bonchev–Trinajstić information content (AvgIpc) is 2.69.